The normalized spacial score (nSPS) is 11.0. The smallest absolute Gasteiger partial charge is 0.238 e. The summed E-state index contributed by atoms with van der Waals surface area (Å²) in [5.74, 6) is 1.47. The monoisotopic (exact) mass is 566 g/mol. The first kappa shape index (κ1) is 26.9. The van der Waals surface area contributed by atoms with Crippen LogP contribution in [0.5, 0.6) is 0 Å². The van der Waals surface area contributed by atoms with Crippen molar-refractivity contribution in [3.8, 4) is 22.6 Å². The van der Waals surface area contributed by atoms with Crippen molar-refractivity contribution in [1.82, 2.24) is 15.0 Å². The first-order valence-electron chi connectivity index (χ1n) is 12.3. The summed E-state index contributed by atoms with van der Waals surface area (Å²) in [5, 5.41) is 11.6. The third-order valence-electron chi connectivity index (χ3n) is 5.92. The third kappa shape index (κ3) is 6.49. The van der Waals surface area contributed by atoms with Gasteiger partial charge in [0.1, 0.15) is 16.3 Å². The number of nitrogen functional groups attached to an aromatic ring is 1. The summed E-state index contributed by atoms with van der Waals surface area (Å²) in [7, 11) is -3.58. The fourth-order valence-corrected chi connectivity index (χ4v) is 5.41. The Labute approximate surface area is 236 Å². The van der Waals surface area contributed by atoms with E-state index in [4.69, 9.17) is 20.8 Å². The number of benzene rings is 3. The van der Waals surface area contributed by atoms with Crippen LogP contribution in [-0.2, 0) is 16.6 Å². The Kier molecular flexibility index (Phi) is 8.11. The van der Waals surface area contributed by atoms with E-state index in [0.29, 0.717) is 18.1 Å². The van der Waals surface area contributed by atoms with Gasteiger partial charge in [-0.1, -0.05) is 66.7 Å². The first-order chi connectivity index (χ1) is 19.4. The molecule has 200 valence electrons. The van der Waals surface area contributed by atoms with Crippen LogP contribution in [0.15, 0.2) is 120 Å². The number of nitrogens with zero attached hydrogens (tertiary/aromatic N) is 3. The van der Waals surface area contributed by atoms with E-state index in [2.05, 4.69) is 52.1 Å². The summed E-state index contributed by atoms with van der Waals surface area (Å²) >= 11 is 1.63. The van der Waals surface area contributed by atoms with E-state index in [1.807, 2.05) is 42.5 Å². The SMILES string of the molecule is Nc1ccc(S(N)(=O)=O)cc1.c1ccc(CNc2nc(-c3ccccn3)nc3scc(-c4ccccc4)c23)cc1. The van der Waals surface area contributed by atoms with Crippen molar-refractivity contribution >= 4 is 43.1 Å². The minimum absolute atomic E-state index is 0.0756. The molecule has 0 aliphatic rings. The molecule has 0 amide bonds. The minimum Gasteiger partial charge on any atom is -0.399 e. The van der Waals surface area contributed by atoms with Gasteiger partial charge in [0.15, 0.2) is 5.82 Å². The molecule has 0 saturated carbocycles. The molecule has 0 aliphatic heterocycles. The Morgan fingerprint density at radius 3 is 2.12 bits per heavy atom. The highest BCUT2D eigenvalue weighted by Crippen LogP contribution is 2.38. The van der Waals surface area contributed by atoms with Crippen LogP contribution in [0.4, 0.5) is 11.5 Å². The van der Waals surface area contributed by atoms with Gasteiger partial charge in [-0.2, -0.15) is 0 Å². The number of hydrogen-bond acceptors (Lipinski definition) is 8. The molecular formula is C30H26N6O2S2. The van der Waals surface area contributed by atoms with Gasteiger partial charge in [-0.3, -0.25) is 4.98 Å². The molecule has 6 aromatic rings. The number of rotatable bonds is 6. The van der Waals surface area contributed by atoms with E-state index in [-0.39, 0.29) is 4.90 Å². The maximum absolute atomic E-state index is 10.7. The molecule has 0 bridgehead atoms. The highest BCUT2D eigenvalue weighted by molar-refractivity contribution is 7.89. The Hall–Kier alpha value is -4.64. The van der Waals surface area contributed by atoms with Gasteiger partial charge in [-0.15, -0.1) is 11.3 Å². The molecule has 0 saturated heterocycles. The lowest BCUT2D eigenvalue weighted by atomic mass is 10.1. The highest BCUT2D eigenvalue weighted by atomic mass is 32.2. The average Bonchev–Trinajstić information content (AvgIpc) is 3.42. The summed E-state index contributed by atoms with van der Waals surface area (Å²) in [5.41, 5.74) is 10.1. The van der Waals surface area contributed by atoms with Gasteiger partial charge in [0.05, 0.1) is 10.3 Å². The van der Waals surface area contributed by atoms with E-state index < -0.39 is 10.0 Å². The maximum atomic E-state index is 10.7. The summed E-state index contributed by atoms with van der Waals surface area (Å²) in [6.45, 7) is 0.693. The molecule has 0 atom stereocenters. The van der Waals surface area contributed by atoms with Crippen LogP contribution < -0.4 is 16.2 Å². The standard InChI is InChI=1S/C24H18N4S.C6H8N2O2S/c1-3-9-17(10-4-1)15-26-23-21-19(18-11-5-2-6-12-18)16-29-24(21)28-22(27-23)20-13-7-8-14-25-20;7-5-1-3-6(4-2-5)11(8,9)10/h1-14,16H,15H2,(H,26,27,28);1-4H,7H2,(H2,8,9,10). The second-order valence-electron chi connectivity index (χ2n) is 8.76. The summed E-state index contributed by atoms with van der Waals surface area (Å²) in [6.07, 6.45) is 1.77. The minimum atomic E-state index is -3.58. The fraction of sp³-hybridized carbons (Fsp3) is 0.0333. The van der Waals surface area contributed by atoms with E-state index >= 15 is 0 Å². The predicted molar refractivity (Wildman–Crippen MR) is 162 cm³/mol. The van der Waals surface area contributed by atoms with E-state index in [0.717, 1.165) is 32.9 Å². The lowest BCUT2D eigenvalue weighted by Crippen LogP contribution is -2.11. The van der Waals surface area contributed by atoms with Gasteiger partial charge in [0, 0.05) is 29.4 Å². The second-order valence-corrected chi connectivity index (χ2v) is 11.2. The van der Waals surface area contributed by atoms with Crippen LogP contribution in [0, 0.1) is 0 Å². The van der Waals surface area contributed by atoms with Gasteiger partial charge in [-0.05, 0) is 47.5 Å². The molecule has 0 aliphatic carbocycles. The van der Waals surface area contributed by atoms with Gasteiger partial charge in [0.2, 0.25) is 10.0 Å². The van der Waals surface area contributed by atoms with Crippen molar-refractivity contribution in [2.75, 3.05) is 11.1 Å². The lowest BCUT2D eigenvalue weighted by molar-refractivity contribution is 0.598. The second kappa shape index (κ2) is 12.0. The molecule has 3 heterocycles. The Morgan fingerprint density at radius 2 is 1.48 bits per heavy atom. The zero-order valence-electron chi connectivity index (χ0n) is 21.3. The number of aromatic nitrogens is 3. The van der Waals surface area contributed by atoms with E-state index in [9.17, 15) is 8.42 Å². The molecule has 6 rings (SSSR count). The quantitative estimate of drug-likeness (QED) is 0.212. The molecule has 0 unspecified atom stereocenters. The number of primary sulfonamides is 1. The molecule has 40 heavy (non-hydrogen) atoms. The van der Waals surface area contributed by atoms with Crippen molar-refractivity contribution in [2.45, 2.75) is 11.4 Å². The number of nitrogens with one attached hydrogen (secondary N) is 1. The van der Waals surface area contributed by atoms with Crippen LogP contribution in [-0.4, -0.2) is 23.4 Å². The predicted octanol–water partition coefficient (Wildman–Crippen LogP) is 5.95. The zero-order valence-corrected chi connectivity index (χ0v) is 22.9. The molecule has 5 N–H and O–H groups in total. The Bertz CT molecular complexity index is 1810. The van der Waals surface area contributed by atoms with Crippen LogP contribution in [0.25, 0.3) is 32.9 Å². The van der Waals surface area contributed by atoms with E-state index in [1.54, 1.807) is 17.5 Å². The van der Waals surface area contributed by atoms with Crippen molar-refractivity contribution in [3.63, 3.8) is 0 Å². The van der Waals surface area contributed by atoms with E-state index in [1.165, 1.54) is 29.8 Å². The maximum Gasteiger partial charge on any atom is 0.238 e. The number of hydrogen-bond donors (Lipinski definition) is 3. The van der Waals surface area contributed by atoms with Crippen LogP contribution in [0.2, 0.25) is 0 Å². The molecule has 10 heteroatoms. The first-order valence-corrected chi connectivity index (χ1v) is 14.7. The zero-order chi connectivity index (χ0) is 28.0. The summed E-state index contributed by atoms with van der Waals surface area (Å²) in [6, 6.07) is 32.2. The molecule has 3 aromatic heterocycles. The van der Waals surface area contributed by atoms with Crippen molar-refractivity contribution in [2.24, 2.45) is 5.14 Å². The average molecular weight is 567 g/mol. The Balaban J connectivity index is 0.000000248. The van der Waals surface area contributed by atoms with Gasteiger partial charge >= 0.3 is 0 Å². The number of pyridine rings is 1. The number of sulfonamides is 1. The molecule has 0 radical (unpaired) electrons. The number of anilines is 2. The summed E-state index contributed by atoms with van der Waals surface area (Å²) < 4.78 is 21.4. The topological polar surface area (TPSA) is 137 Å². The molecule has 0 spiro atoms. The van der Waals surface area contributed by atoms with Crippen LogP contribution >= 0.6 is 11.3 Å². The largest absolute Gasteiger partial charge is 0.399 e. The van der Waals surface area contributed by atoms with Gasteiger partial charge in [-0.25, -0.2) is 23.5 Å². The third-order valence-corrected chi connectivity index (χ3v) is 7.73. The van der Waals surface area contributed by atoms with Crippen molar-refractivity contribution in [3.05, 3.63) is 120 Å². The lowest BCUT2D eigenvalue weighted by Gasteiger charge is -2.11. The Morgan fingerprint density at radius 1 is 0.800 bits per heavy atom. The molecular weight excluding hydrogens is 541 g/mol. The molecule has 8 nitrogen and oxygen atoms in total. The van der Waals surface area contributed by atoms with Gasteiger partial charge < -0.3 is 11.1 Å². The van der Waals surface area contributed by atoms with Gasteiger partial charge in [0.25, 0.3) is 0 Å². The molecule has 3 aromatic carbocycles. The number of nitrogens with two attached hydrogens (primary N) is 2. The summed E-state index contributed by atoms with van der Waals surface area (Å²) in [4.78, 5) is 15.1. The fourth-order valence-electron chi connectivity index (χ4n) is 3.95. The number of fused-ring (bicyclic) bond motifs is 1. The van der Waals surface area contributed by atoms with Crippen LogP contribution in [0.3, 0.4) is 0 Å². The van der Waals surface area contributed by atoms with Crippen LogP contribution in [0.1, 0.15) is 5.56 Å². The van der Waals surface area contributed by atoms with Crippen molar-refractivity contribution in [1.29, 1.82) is 0 Å². The number of thiophene rings is 1. The van der Waals surface area contributed by atoms with Crippen molar-refractivity contribution < 1.29 is 8.42 Å². The highest BCUT2D eigenvalue weighted by Gasteiger charge is 2.16. The molecule has 0 fully saturated rings.